The Morgan fingerprint density at radius 1 is 1.22 bits per heavy atom. The molecule has 0 amide bonds. The molecule has 5 nitrogen and oxygen atoms in total. The van der Waals surface area contributed by atoms with Crippen LogP contribution < -0.4 is 0 Å². The molecule has 0 spiro atoms. The predicted octanol–water partition coefficient (Wildman–Crippen LogP) is 2.33. The van der Waals surface area contributed by atoms with Gasteiger partial charge in [0, 0.05) is 31.0 Å². The molecular formula is C15H17F2N3O2S. The van der Waals surface area contributed by atoms with E-state index in [-0.39, 0.29) is 12.6 Å². The number of hydrogen-bond donors (Lipinski definition) is 0. The van der Waals surface area contributed by atoms with E-state index >= 15 is 0 Å². The summed E-state index contributed by atoms with van der Waals surface area (Å²) in [4.78, 5) is 0. The Balaban J connectivity index is 1.79. The first-order valence-corrected chi connectivity index (χ1v) is 8.98. The van der Waals surface area contributed by atoms with Crippen LogP contribution in [0.4, 0.5) is 8.78 Å². The molecule has 0 radical (unpaired) electrons. The Kier molecular flexibility index (Phi) is 4.45. The summed E-state index contributed by atoms with van der Waals surface area (Å²) in [5.41, 5.74) is -0.409. The van der Waals surface area contributed by atoms with Crippen LogP contribution in [-0.4, -0.2) is 35.6 Å². The number of halogens is 2. The standard InChI is InChI=1S/C15H17F2N3O2S/c16-14-5-1-6-15(17)13(14)11-23(21,22)19-8-2-4-12(10-19)20-9-3-7-18-20/h1,3,5-7,9,12H,2,4,8,10-11H2/t12-/m1/s1. The van der Waals surface area contributed by atoms with Gasteiger partial charge in [-0.15, -0.1) is 0 Å². The second kappa shape index (κ2) is 6.37. The van der Waals surface area contributed by atoms with Gasteiger partial charge in [-0.2, -0.15) is 9.40 Å². The van der Waals surface area contributed by atoms with E-state index in [0.29, 0.717) is 13.0 Å². The van der Waals surface area contributed by atoms with Gasteiger partial charge in [0.1, 0.15) is 11.6 Å². The lowest BCUT2D eigenvalue weighted by molar-refractivity contribution is 0.253. The van der Waals surface area contributed by atoms with E-state index in [0.717, 1.165) is 18.6 Å². The van der Waals surface area contributed by atoms with Crippen molar-refractivity contribution in [1.82, 2.24) is 14.1 Å². The summed E-state index contributed by atoms with van der Waals surface area (Å²) in [6, 6.07) is 5.07. The van der Waals surface area contributed by atoms with Crippen LogP contribution in [0.5, 0.6) is 0 Å². The van der Waals surface area contributed by atoms with Crippen LogP contribution in [0, 0.1) is 11.6 Å². The fourth-order valence-corrected chi connectivity index (χ4v) is 4.46. The minimum Gasteiger partial charge on any atom is -0.268 e. The molecule has 1 aliphatic heterocycles. The quantitative estimate of drug-likeness (QED) is 0.858. The first-order valence-electron chi connectivity index (χ1n) is 7.37. The molecular weight excluding hydrogens is 324 g/mol. The van der Waals surface area contributed by atoms with Gasteiger partial charge < -0.3 is 0 Å². The summed E-state index contributed by atoms with van der Waals surface area (Å²) < 4.78 is 55.5. The van der Waals surface area contributed by atoms with Crippen molar-refractivity contribution in [2.75, 3.05) is 13.1 Å². The largest absolute Gasteiger partial charge is 0.268 e. The van der Waals surface area contributed by atoms with Crippen LogP contribution in [0.15, 0.2) is 36.7 Å². The maximum Gasteiger partial charge on any atom is 0.218 e. The van der Waals surface area contributed by atoms with Crippen molar-refractivity contribution in [2.24, 2.45) is 0 Å². The van der Waals surface area contributed by atoms with Crippen LogP contribution in [-0.2, 0) is 15.8 Å². The smallest absolute Gasteiger partial charge is 0.218 e. The van der Waals surface area contributed by atoms with Gasteiger partial charge in [0.25, 0.3) is 0 Å². The van der Waals surface area contributed by atoms with Crippen molar-refractivity contribution in [3.8, 4) is 0 Å². The van der Waals surface area contributed by atoms with Gasteiger partial charge in [-0.3, -0.25) is 4.68 Å². The molecule has 23 heavy (non-hydrogen) atoms. The maximum atomic E-state index is 13.7. The molecule has 8 heteroatoms. The van der Waals surface area contributed by atoms with Gasteiger partial charge in [0.2, 0.25) is 10.0 Å². The third-order valence-electron chi connectivity index (χ3n) is 4.04. The first-order chi connectivity index (χ1) is 11.0. The molecule has 1 atom stereocenters. The number of rotatable bonds is 4. The average molecular weight is 341 g/mol. The molecule has 0 N–H and O–H groups in total. The Bertz CT molecular complexity index is 758. The highest BCUT2D eigenvalue weighted by Crippen LogP contribution is 2.25. The fraction of sp³-hybridized carbons (Fsp3) is 0.400. The molecule has 1 aromatic heterocycles. The van der Waals surface area contributed by atoms with Crippen LogP contribution in [0.25, 0.3) is 0 Å². The molecule has 1 saturated heterocycles. The van der Waals surface area contributed by atoms with Gasteiger partial charge in [0.15, 0.2) is 0 Å². The fourth-order valence-electron chi connectivity index (χ4n) is 2.83. The van der Waals surface area contributed by atoms with E-state index < -0.39 is 33.0 Å². The number of sulfonamides is 1. The van der Waals surface area contributed by atoms with E-state index in [4.69, 9.17) is 0 Å². The second-order valence-corrected chi connectivity index (χ2v) is 7.57. The molecule has 1 aromatic carbocycles. The summed E-state index contributed by atoms with van der Waals surface area (Å²) in [5.74, 6) is -2.35. The van der Waals surface area contributed by atoms with E-state index in [1.807, 2.05) is 0 Å². The van der Waals surface area contributed by atoms with Crippen molar-refractivity contribution in [1.29, 1.82) is 0 Å². The number of benzene rings is 1. The third kappa shape index (κ3) is 3.42. The molecule has 0 bridgehead atoms. The minimum atomic E-state index is -3.79. The molecule has 3 rings (SSSR count). The lowest BCUT2D eigenvalue weighted by Gasteiger charge is -2.32. The number of nitrogens with zero attached hydrogens (tertiary/aromatic N) is 3. The van der Waals surface area contributed by atoms with Crippen molar-refractivity contribution in [3.63, 3.8) is 0 Å². The number of hydrogen-bond acceptors (Lipinski definition) is 3. The second-order valence-electron chi connectivity index (χ2n) is 5.60. The van der Waals surface area contributed by atoms with Crippen molar-refractivity contribution < 1.29 is 17.2 Å². The van der Waals surface area contributed by atoms with Gasteiger partial charge in [-0.25, -0.2) is 17.2 Å². The topological polar surface area (TPSA) is 55.2 Å². The zero-order chi connectivity index (χ0) is 16.4. The average Bonchev–Trinajstić information content (AvgIpc) is 3.06. The van der Waals surface area contributed by atoms with Crippen LogP contribution >= 0.6 is 0 Å². The Labute approximate surface area is 133 Å². The van der Waals surface area contributed by atoms with Crippen molar-refractivity contribution >= 4 is 10.0 Å². The third-order valence-corrected chi connectivity index (χ3v) is 5.81. The summed E-state index contributed by atoms with van der Waals surface area (Å²) >= 11 is 0. The van der Waals surface area contributed by atoms with E-state index in [9.17, 15) is 17.2 Å². The van der Waals surface area contributed by atoms with Crippen LogP contribution in [0.3, 0.4) is 0 Å². The SMILES string of the molecule is O=S(=O)(Cc1c(F)cccc1F)N1CCC[C@@H](n2cccn2)C1. The highest BCUT2D eigenvalue weighted by atomic mass is 32.2. The van der Waals surface area contributed by atoms with E-state index in [1.54, 1.807) is 23.1 Å². The summed E-state index contributed by atoms with van der Waals surface area (Å²) in [7, 11) is -3.79. The molecule has 0 unspecified atom stereocenters. The zero-order valence-electron chi connectivity index (χ0n) is 12.4. The lowest BCUT2D eigenvalue weighted by atomic mass is 10.1. The summed E-state index contributed by atoms with van der Waals surface area (Å²) in [6.07, 6.45) is 4.94. The molecule has 2 heterocycles. The predicted molar refractivity (Wildman–Crippen MR) is 81.1 cm³/mol. The normalized spacial score (nSPS) is 19.8. The van der Waals surface area contributed by atoms with E-state index in [1.165, 1.54) is 10.4 Å². The van der Waals surface area contributed by atoms with Crippen molar-refractivity contribution in [2.45, 2.75) is 24.6 Å². The van der Waals surface area contributed by atoms with Gasteiger partial charge in [-0.05, 0) is 31.0 Å². The highest BCUT2D eigenvalue weighted by molar-refractivity contribution is 7.88. The molecule has 1 aliphatic rings. The summed E-state index contributed by atoms with van der Waals surface area (Å²) in [5, 5.41) is 4.14. The molecule has 2 aromatic rings. The molecule has 0 aliphatic carbocycles. The molecule has 0 saturated carbocycles. The molecule has 124 valence electrons. The minimum absolute atomic E-state index is 0.0565. The maximum absolute atomic E-state index is 13.7. The van der Waals surface area contributed by atoms with Crippen LogP contribution in [0.2, 0.25) is 0 Å². The monoisotopic (exact) mass is 341 g/mol. The van der Waals surface area contributed by atoms with Crippen LogP contribution in [0.1, 0.15) is 24.4 Å². The Morgan fingerprint density at radius 2 is 1.96 bits per heavy atom. The van der Waals surface area contributed by atoms with E-state index in [2.05, 4.69) is 5.10 Å². The number of piperidine rings is 1. The van der Waals surface area contributed by atoms with Gasteiger partial charge >= 0.3 is 0 Å². The van der Waals surface area contributed by atoms with Gasteiger partial charge in [0.05, 0.1) is 11.8 Å². The van der Waals surface area contributed by atoms with Crippen molar-refractivity contribution in [3.05, 3.63) is 53.9 Å². The lowest BCUT2D eigenvalue weighted by Crippen LogP contribution is -2.41. The Hall–Kier alpha value is -1.80. The summed E-state index contributed by atoms with van der Waals surface area (Å²) in [6.45, 7) is 0.621. The highest BCUT2D eigenvalue weighted by Gasteiger charge is 2.31. The Morgan fingerprint density at radius 3 is 2.61 bits per heavy atom. The number of aromatic nitrogens is 2. The van der Waals surface area contributed by atoms with Gasteiger partial charge in [-0.1, -0.05) is 6.07 Å². The first kappa shape index (κ1) is 16.1. The zero-order valence-corrected chi connectivity index (χ0v) is 13.2. The molecule has 1 fully saturated rings.